The number of para-hydroxylation sites is 1. The molecule has 0 heterocycles. The maximum absolute atomic E-state index is 13.3. The molecule has 0 aliphatic heterocycles. The van der Waals surface area contributed by atoms with Crippen molar-refractivity contribution in [2.75, 3.05) is 18.9 Å². The van der Waals surface area contributed by atoms with Gasteiger partial charge >= 0.3 is 0 Å². The highest BCUT2D eigenvalue weighted by Gasteiger charge is 2.33. The number of anilines is 1. The number of nitrogens with zero attached hydrogens (tertiary/aromatic N) is 1. The first kappa shape index (κ1) is 11.9. The summed E-state index contributed by atoms with van der Waals surface area (Å²) in [5, 5.41) is 8.93. The molecule has 1 aliphatic rings. The standard InChI is InChI=1S/C12H15FN2O2/c13-10-3-1-2-9(11(10)14)12(17)15(6-7-16)8-4-5-8/h1-3,8,16H,4-7,14H2. The molecular weight excluding hydrogens is 223 g/mol. The maximum atomic E-state index is 13.3. The molecular formula is C12H15FN2O2. The molecule has 0 unspecified atom stereocenters. The Bertz CT molecular complexity index is 433. The van der Waals surface area contributed by atoms with E-state index in [1.165, 1.54) is 18.2 Å². The molecule has 92 valence electrons. The topological polar surface area (TPSA) is 66.6 Å². The molecule has 0 bridgehead atoms. The van der Waals surface area contributed by atoms with E-state index in [1.807, 2.05) is 0 Å². The van der Waals surface area contributed by atoms with E-state index in [2.05, 4.69) is 0 Å². The van der Waals surface area contributed by atoms with Crippen LogP contribution in [0.5, 0.6) is 0 Å². The van der Waals surface area contributed by atoms with Crippen LogP contribution < -0.4 is 5.73 Å². The van der Waals surface area contributed by atoms with Gasteiger partial charge in [-0.05, 0) is 25.0 Å². The van der Waals surface area contributed by atoms with Gasteiger partial charge in [0.05, 0.1) is 17.9 Å². The molecule has 1 saturated carbocycles. The van der Waals surface area contributed by atoms with Gasteiger partial charge in [0.15, 0.2) is 0 Å². The molecule has 1 aliphatic carbocycles. The van der Waals surface area contributed by atoms with E-state index < -0.39 is 5.82 Å². The maximum Gasteiger partial charge on any atom is 0.256 e. The Hall–Kier alpha value is -1.62. The van der Waals surface area contributed by atoms with Gasteiger partial charge in [-0.15, -0.1) is 0 Å². The first-order valence-corrected chi connectivity index (χ1v) is 5.61. The Labute approximate surface area is 98.8 Å². The van der Waals surface area contributed by atoms with Crippen LogP contribution in [0.1, 0.15) is 23.2 Å². The summed E-state index contributed by atoms with van der Waals surface area (Å²) in [6, 6.07) is 4.35. The lowest BCUT2D eigenvalue weighted by Crippen LogP contribution is -2.36. The first-order chi connectivity index (χ1) is 8.15. The third kappa shape index (κ3) is 2.39. The van der Waals surface area contributed by atoms with E-state index >= 15 is 0 Å². The van der Waals surface area contributed by atoms with Gasteiger partial charge < -0.3 is 15.7 Å². The third-order valence-electron chi connectivity index (χ3n) is 2.87. The Kier molecular flexibility index (Phi) is 3.28. The number of carbonyl (C=O) groups is 1. The molecule has 1 fully saturated rings. The molecule has 2 rings (SSSR count). The number of halogens is 1. The van der Waals surface area contributed by atoms with E-state index in [0.717, 1.165) is 12.8 Å². The summed E-state index contributed by atoms with van der Waals surface area (Å²) in [5.41, 5.74) is 5.60. The Balaban J connectivity index is 2.25. The average Bonchev–Trinajstić information content (AvgIpc) is 3.13. The van der Waals surface area contributed by atoms with Crippen molar-refractivity contribution >= 4 is 11.6 Å². The van der Waals surface area contributed by atoms with Crippen molar-refractivity contribution in [1.29, 1.82) is 0 Å². The quantitative estimate of drug-likeness (QED) is 0.769. The van der Waals surface area contributed by atoms with Gasteiger partial charge in [-0.25, -0.2) is 4.39 Å². The molecule has 1 amide bonds. The van der Waals surface area contributed by atoms with Gasteiger partial charge in [0.1, 0.15) is 5.82 Å². The number of aliphatic hydroxyl groups excluding tert-OH is 1. The summed E-state index contributed by atoms with van der Waals surface area (Å²) in [6.07, 6.45) is 1.86. The highest BCUT2D eigenvalue weighted by molar-refractivity contribution is 5.99. The number of aliphatic hydroxyl groups is 1. The molecule has 0 saturated heterocycles. The lowest BCUT2D eigenvalue weighted by atomic mass is 10.1. The van der Waals surface area contributed by atoms with Crippen molar-refractivity contribution in [3.63, 3.8) is 0 Å². The van der Waals surface area contributed by atoms with Crippen LogP contribution in [-0.2, 0) is 0 Å². The van der Waals surface area contributed by atoms with Gasteiger partial charge in [0, 0.05) is 12.6 Å². The second-order valence-corrected chi connectivity index (χ2v) is 4.15. The lowest BCUT2D eigenvalue weighted by molar-refractivity contribution is 0.0708. The number of carbonyl (C=O) groups excluding carboxylic acids is 1. The SMILES string of the molecule is Nc1c(F)cccc1C(=O)N(CCO)C1CC1. The fourth-order valence-electron chi connectivity index (χ4n) is 1.82. The normalized spacial score (nSPS) is 14.7. The van der Waals surface area contributed by atoms with Crippen molar-refractivity contribution in [2.45, 2.75) is 18.9 Å². The minimum Gasteiger partial charge on any atom is -0.396 e. The molecule has 0 radical (unpaired) electrons. The summed E-state index contributed by atoms with van der Waals surface area (Å²) in [5.74, 6) is -0.894. The van der Waals surface area contributed by atoms with E-state index in [1.54, 1.807) is 4.90 Å². The number of hydrogen-bond acceptors (Lipinski definition) is 3. The minimum absolute atomic E-state index is 0.0997. The second-order valence-electron chi connectivity index (χ2n) is 4.15. The van der Waals surface area contributed by atoms with Crippen LogP contribution in [0.15, 0.2) is 18.2 Å². The molecule has 0 aromatic heterocycles. The van der Waals surface area contributed by atoms with Gasteiger partial charge in [-0.1, -0.05) is 6.07 Å². The molecule has 3 N–H and O–H groups in total. The number of hydrogen-bond donors (Lipinski definition) is 2. The number of rotatable bonds is 4. The van der Waals surface area contributed by atoms with Crippen LogP contribution in [0.25, 0.3) is 0 Å². The summed E-state index contributed by atoms with van der Waals surface area (Å²) in [7, 11) is 0. The van der Waals surface area contributed by atoms with Crippen molar-refractivity contribution in [3.05, 3.63) is 29.6 Å². The predicted molar refractivity (Wildman–Crippen MR) is 62.0 cm³/mol. The monoisotopic (exact) mass is 238 g/mol. The summed E-state index contributed by atoms with van der Waals surface area (Å²) >= 11 is 0. The second kappa shape index (κ2) is 4.71. The highest BCUT2D eigenvalue weighted by Crippen LogP contribution is 2.29. The largest absolute Gasteiger partial charge is 0.396 e. The summed E-state index contributed by atoms with van der Waals surface area (Å²) in [4.78, 5) is 13.7. The number of nitrogens with two attached hydrogens (primary N) is 1. The summed E-state index contributed by atoms with van der Waals surface area (Å²) in [6.45, 7) is 0.164. The Morgan fingerprint density at radius 1 is 1.53 bits per heavy atom. The van der Waals surface area contributed by atoms with Gasteiger partial charge in [-0.3, -0.25) is 4.79 Å². The Morgan fingerprint density at radius 2 is 2.24 bits per heavy atom. The highest BCUT2D eigenvalue weighted by atomic mass is 19.1. The van der Waals surface area contributed by atoms with Crippen molar-refractivity contribution in [3.8, 4) is 0 Å². The molecule has 4 nitrogen and oxygen atoms in total. The van der Waals surface area contributed by atoms with Crippen molar-refractivity contribution in [2.24, 2.45) is 0 Å². The minimum atomic E-state index is -0.587. The molecule has 1 aromatic rings. The predicted octanol–water partition coefficient (Wildman–Crippen LogP) is 1.00. The fourth-order valence-corrected chi connectivity index (χ4v) is 1.82. The lowest BCUT2D eigenvalue weighted by Gasteiger charge is -2.22. The van der Waals surface area contributed by atoms with Gasteiger partial charge in [0.25, 0.3) is 5.91 Å². The molecule has 1 aromatic carbocycles. The van der Waals surface area contributed by atoms with Gasteiger partial charge in [-0.2, -0.15) is 0 Å². The van der Waals surface area contributed by atoms with Crippen LogP contribution in [0, 0.1) is 5.82 Å². The van der Waals surface area contributed by atoms with Gasteiger partial charge in [0.2, 0.25) is 0 Å². The first-order valence-electron chi connectivity index (χ1n) is 5.61. The zero-order valence-electron chi connectivity index (χ0n) is 9.40. The number of benzene rings is 1. The molecule has 0 atom stereocenters. The third-order valence-corrected chi connectivity index (χ3v) is 2.87. The van der Waals surface area contributed by atoms with E-state index in [4.69, 9.17) is 10.8 Å². The molecule has 5 heteroatoms. The van der Waals surface area contributed by atoms with E-state index in [0.29, 0.717) is 0 Å². The fraction of sp³-hybridized carbons (Fsp3) is 0.417. The van der Waals surface area contributed by atoms with Crippen LogP contribution in [0.3, 0.4) is 0 Å². The van der Waals surface area contributed by atoms with Crippen LogP contribution in [0.2, 0.25) is 0 Å². The van der Waals surface area contributed by atoms with Crippen LogP contribution in [0.4, 0.5) is 10.1 Å². The van der Waals surface area contributed by atoms with Crippen molar-refractivity contribution in [1.82, 2.24) is 4.90 Å². The Morgan fingerprint density at radius 3 is 2.82 bits per heavy atom. The molecule has 0 spiro atoms. The molecule has 17 heavy (non-hydrogen) atoms. The van der Waals surface area contributed by atoms with E-state index in [9.17, 15) is 9.18 Å². The number of nitrogen functional groups attached to an aromatic ring is 1. The van der Waals surface area contributed by atoms with Crippen LogP contribution in [-0.4, -0.2) is 35.1 Å². The smallest absolute Gasteiger partial charge is 0.256 e. The van der Waals surface area contributed by atoms with Crippen LogP contribution >= 0.6 is 0 Å². The average molecular weight is 238 g/mol. The van der Waals surface area contributed by atoms with Crippen molar-refractivity contribution < 1.29 is 14.3 Å². The zero-order valence-corrected chi connectivity index (χ0v) is 9.40. The van der Waals surface area contributed by atoms with E-state index in [-0.39, 0.29) is 36.4 Å². The summed E-state index contributed by atoms with van der Waals surface area (Å²) < 4.78 is 13.3. The zero-order chi connectivity index (χ0) is 12.4. The number of amides is 1.